The van der Waals surface area contributed by atoms with Gasteiger partial charge in [0.2, 0.25) is 5.88 Å². The number of aromatic nitrogens is 1. The van der Waals surface area contributed by atoms with Gasteiger partial charge in [-0.2, -0.15) is 0 Å². The van der Waals surface area contributed by atoms with Gasteiger partial charge < -0.3 is 14.6 Å². The number of aliphatic carboxylic acids is 1. The van der Waals surface area contributed by atoms with Gasteiger partial charge in [0.05, 0.1) is 10.2 Å². The van der Waals surface area contributed by atoms with Crippen LogP contribution in [-0.4, -0.2) is 20.7 Å². The first kappa shape index (κ1) is 22.1. The Labute approximate surface area is 189 Å². The molecule has 32 heavy (non-hydrogen) atoms. The molecule has 1 aromatic carbocycles. The number of thiazole rings is 1. The highest BCUT2D eigenvalue weighted by Crippen LogP contribution is 2.27. The largest absolute Gasteiger partial charge is 0.493 e. The molecule has 0 saturated heterocycles. The molecule has 1 aliphatic heterocycles. The number of aromatic hydroxyl groups is 1. The van der Waals surface area contributed by atoms with Crippen molar-refractivity contribution in [3.8, 4) is 5.88 Å². The molecule has 166 valence electrons. The molecular weight excluding hydrogens is 458 g/mol. The summed E-state index contributed by atoms with van der Waals surface area (Å²) in [7, 11) is 0. The van der Waals surface area contributed by atoms with Crippen LogP contribution in [0.1, 0.15) is 30.6 Å². The van der Waals surface area contributed by atoms with Crippen molar-refractivity contribution in [3.05, 3.63) is 66.1 Å². The van der Waals surface area contributed by atoms with Crippen molar-refractivity contribution >= 4 is 47.4 Å². The fourth-order valence-electron chi connectivity index (χ4n) is 3.33. The Morgan fingerprint density at radius 1 is 1.22 bits per heavy atom. The van der Waals surface area contributed by atoms with E-state index in [1.54, 1.807) is 28.9 Å². The predicted molar refractivity (Wildman–Crippen MR) is 117 cm³/mol. The van der Waals surface area contributed by atoms with Crippen LogP contribution in [0, 0.1) is 15.6 Å². The van der Waals surface area contributed by atoms with E-state index in [9.17, 15) is 18.7 Å². The Morgan fingerprint density at radius 3 is 2.78 bits per heavy atom. The van der Waals surface area contributed by atoms with Crippen molar-refractivity contribution < 1.29 is 28.2 Å². The Morgan fingerprint density at radius 2 is 2.00 bits per heavy atom. The average Bonchev–Trinajstić information content (AvgIpc) is 3.42. The van der Waals surface area contributed by atoms with Crippen LogP contribution in [0.5, 0.6) is 5.88 Å². The number of fused-ring (bicyclic) bond motifs is 1. The molecule has 2 aromatic heterocycles. The first-order valence-electron chi connectivity index (χ1n) is 9.83. The summed E-state index contributed by atoms with van der Waals surface area (Å²) in [6, 6.07) is 5.52. The zero-order chi connectivity index (χ0) is 22.8. The summed E-state index contributed by atoms with van der Waals surface area (Å²) in [4.78, 5) is 15.4. The zero-order valence-electron chi connectivity index (χ0n) is 16.7. The van der Waals surface area contributed by atoms with Crippen LogP contribution in [-0.2, 0) is 11.3 Å². The third kappa shape index (κ3) is 4.71. The van der Waals surface area contributed by atoms with Crippen LogP contribution in [0.4, 0.5) is 8.78 Å². The molecule has 4 rings (SSSR count). The molecule has 1 aliphatic rings. The number of carbonyl (C=O) groups is 1. The lowest BCUT2D eigenvalue weighted by Gasteiger charge is -2.04. The average molecular weight is 477 g/mol. The van der Waals surface area contributed by atoms with E-state index >= 15 is 0 Å². The summed E-state index contributed by atoms with van der Waals surface area (Å²) >= 11 is 6.58. The molecule has 2 N–H and O–H groups in total. The Kier molecular flexibility index (Phi) is 6.33. The molecule has 0 atom stereocenters. The summed E-state index contributed by atoms with van der Waals surface area (Å²) in [5.41, 5.74) is 1.33. The smallest absolute Gasteiger partial charge is 0.303 e. The maximum absolute atomic E-state index is 13.4. The summed E-state index contributed by atoms with van der Waals surface area (Å²) in [5.74, 6) is -2.69. The summed E-state index contributed by atoms with van der Waals surface area (Å²) in [5, 5.41) is 20.0. The van der Waals surface area contributed by atoms with E-state index in [1.165, 1.54) is 11.3 Å². The van der Waals surface area contributed by atoms with E-state index < -0.39 is 17.6 Å². The second kappa shape index (κ2) is 9.17. The van der Waals surface area contributed by atoms with Crippen LogP contribution in [0.25, 0.3) is 17.8 Å². The second-order valence-electron chi connectivity index (χ2n) is 7.22. The Balaban J connectivity index is 1.58. The number of benzene rings is 1. The van der Waals surface area contributed by atoms with Crippen LogP contribution in [0.3, 0.4) is 0 Å². The van der Waals surface area contributed by atoms with Crippen molar-refractivity contribution in [3.63, 3.8) is 0 Å². The highest BCUT2D eigenvalue weighted by Gasteiger charge is 2.11. The Hall–Kier alpha value is -3.11. The van der Waals surface area contributed by atoms with Crippen LogP contribution < -0.4 is 21.4 Å². The third-order valence-corrected chi connectivity index (χ3v) is 6.31. The summed E-state index contributed by atoms with van der Waals surface area (Å²) in [6.45, 7) is 0.495. The predicted octanol–water partition coefficient (Wildman–Crippen LogP) is 2.55. The van der Waals surface area contributed by atoms with E-state index in [2.05, 4.69) is 4.99 Å². The highest BCUT2D eigenvalue weighted by atomic mass is 32.1. The van der Waals surface area contributed by atoms with Gasteiger partial charge in [-0.05, 0) is 49.3 Å². The van der Waals surface area contributed by atoms with E-state index in [0.717, 1.165) is 18.6 Å². The number of nitrogens with zero attached hydrogens (tertiary/aromatic N) is 2. The van der Waals surface area contributed by atoms with E-state index in [4.69, 9.17) is 21.7 Å². The van der Waals surface area contributed by atoms with Gasteiger partial charge >= 0.3 is 5.97 Å². The Bertz CT molecular complexity index is 1460. The minimum absolute atomic E-state index is 0.0271. The van der Waals surface area contributed by atoms with E-state index in [0.29, 0.717) is 55.3 Å². The maximum Gasteiger partial charge on any atom is 0.303 e. The quantitative estimate of drug-likeness (QED) is 0.404. The molecule has 0 bridgehead atoms. The first-order chi connectivity index (χ1) is 15.3. The topological polar surface area (TPSA) is 88.0 Å². The van der Waals surface area contributed by atoms with Crippen molar-refractivity contribution in [2.45, 2.75) is 32.2 Å². The lowest BCUT2D eigenvalue weighted by atomic mass is 10.2. The van der Waals surface area contributed by atoms with Gasteiger partial charge in [0, 0.05) is 30.3 Å². The number of halogens is 2. The molecule has 0 aliphatic carbocycles. The molecule has 3 heterocycles. The van der Waals surface area contributed by atoms with Gasteiger partial charge in [-0.25, -0.2) is 13.8 Å². The number of carboxylic acid groups (broad SMARTS) is 1. The minimum Gasteiger partial charge on any atom is -0.493 e. The molecule has 0 radical (unpaired) electrons. The van der Waals surface area contributed by atoms with Crippen molar-refractivity contribution in [1.29, 1.82) is 0 Å². The van der Waals surface area contributed by atoms with Gasteiger partial charge in [-0.15, -0.1) is 11.3 Å². The molecule has 0 fully saturated rings. The van der Waals surface area contributed by atoms with Gasteiger partial charge in [-0.1, -0.05) is 6.42 Å². The maximum atomic E-state index is 13.4. The molecule has 0 spiro atoms. The first-order valence-corrected chi connectivity index (χ1v) is 11.1. The fraction of sp³-hybridized carbons (Fsp3) is 0.227. The van der Waals surface area contributed by atoms with Gasteiger partial charge in [-0.3, -0.25) is 9.36 Å². The molecule has 0 unspecified atom stereocenters. The van der Waals surface area contributed by atoms with Gasteiger partial charge in [0.1, 0.15) is 11.1 Å². The molecule has 3 aromatic rings. The second-order valence-corrected chi connectivity index (χ2v) is 8.90. The van der Waals surface area contributed by atoms with E-state index in [1.807, 2.05) is 0 Å². The molecule has 10 heteroatoms. The monoisotopic (exact) mass is 476 g/mol. The lowest BCUT2D eigenvalue weighted by molar-refractivity contribution is -0.137. The third-order valence-electron chi connectivity index (χ3n) is 4.92. The summed E-state index contributed by atoms with van der Waals surface area (Å²) in [6.07, 6.45) is 5.39. The van der Waals surface area contributed by atoms with Gasteiger partial charge in [0.25, 0.3) is 0 Å². The van der Waals surface area contributed by atoms with Gasteiger partial charge in [0.15, 0.2) is 21.0 Å². The van der Waals surface area contributed by atoms with Crippen LogP contribution >= 0.6 is 23.6 Å². The number of hydrogen-bond donors (Lipinski definition) is 2. The normalized spacial score (nSPS) is 14.9. The minimum atomic E-state index is -0.960. The number of unbranched alkanes of at least 4 members (excludes halogenated alkanes) is 2. The van der Waals surface area contributed by atoms with Crippen molar-refractivity contribution in [2.75, 3.05) is 0 Å². The number of rotatable bonds is 7. The summed E-state index contributed by atoms with van der Waals surface area (Å²) < 4.78 is 34.8. The number of hydrogen-bond acceptors (Lipinski definition) is 6. The zero-order valence-corrected chi connectivity index (χ0v) is 18.3. The van der Waals surface area contributed by atoms with Crippen LogP contribution in [0.15, 0.2) is 33.7 Å². The molecule has 0 amide bonds. The SMILES string of the molecule is O=C(O)CCCCCn1c(O)c(/C=c2\cc/c(=C3/C=c4cc(F)c(F)cc4=N3)o2)sc1=S. The molecule has 0 saturated carbocycles. The van der Waals surface area contributed by atoms with E-state index in [-0.39, 0.29) is 12.3 Å². The fourth-order valence-corrected chi connectivity index (χ4v) is 4.63. The highest BCUT2D eigenvalue weighted by molar-refractivity contribution is 7.73. The molecular formula is C22H18F2N2O4S2. The molecule has 6 nitrogen and oxygen atoms in total. The number of furan rings is 1. The lowest BCUT2D eigenvalue weighted by Crippen LogP contribution is -2.22. The van der Waals surface area contributed by atoms with Crippen molar-refractivity contribution in [1.82, 2.24) is 4.57 Å². The van der Waals surface area contributed by atoms with Crippen LogP contribution in [0.2, 0.25) is 0 Å². The number of carboxylic acids is 1. The van der Waals surface area contributed by atoms with Crippen molar-refractivity contribution in [2.24, 2.45) is 4.99 Å². The standard InChI is InChI=1S/C22H18F2N2O4S2/c23-14-8-12-9-17(25-16(12)11-15(14)24)18-6-5-13(30-18)10-19-21(29)26(22(31)32-19)7-3-1-2-4-20(27)28/h5-6,8-11,29H,1-4,7H2,(H,27,28)/b13-10+,18-17+.